The standard InChI is InChI=1S/C16H18N2O/c1-4-13-7-5-6-8-15(13)18-16(19)14-9-10-17-12(3)11(14)2/h5-10H,4H2,1-3H3,(H,18,19). The minimum atomic E-state index is -0.0797. The predicted molar refractivity (Wildman–Crippen MR) is 77.5 cm³/mol. The van der Waals surface area contributed by atoms with Crippen molar-refractivity contribution in [3.05, 3.63) is 58.9 Å². The van der Waals surface area contributed by atoms with Crippen LogP contribution in [0.3, 0.4) is 0 Å². The second-order valence-electron chi connectivity index (χ2n) is 4.53. The average molecular weight is 254 g/mol. The molecule has 2 aromatic rings. The summed E-state index contributed by atoms with van der Waals surface area (Å²) in [7, 11) is 0. The summed E-state index contributed by atoms with van der Waals surface area (Å²) in [5, 5.41) is 2.98. The maximum Gasteiger partial charge on any atom is 0.256 e. The van der Waals surface area contributed by atoms with Crippen LogP contribution in [-0.2, 0) is 6.42 Å². The third kappa shape index (κ3) is 2.81. The summed E-state index contributed by atoms with van der Waals surface area (Å²) in [4.78, 5) is 16.5. The third-order valence-corrected chi connectivity index (χ3v) is 3.35. The molecule has 98 valence electrons. The number of hydrogen-bond acceptors (Lipinski definition) is 2. The molecule has 0 atom stereocenters. The molecule has 0 aliphatic rings. The minimum Gasteiger partial charge on any atom is -0.322 e. The molecular weight excluding hydrogens is 236 g/mol. The Morgan fingerprint density at radius 1 is 1.21 bits per heavy atom. The van der Waals surface area contributed by atoms with Gasteiger partial charge in [0.15, 0.2) is 0 Å². The molecule has 0 aliphatic carbocycles. The SMILES string of the molecule is CCc1ccccc1NC(=O)c1ccnc(C)c1C. The molecule has 3 heteroatoms. The van der Waals surface area contributed by atoms with Crippen LogP contribution in [-0.4, -0.2) is 10.9 Å². The number of aromatic nitrogens is 1. The zero-order valence-corrected chi connectivity index (χ0v) is 11.5. The van der Waals surface area contributed by atoms with Crippen LogP contribution in [0, 0.1) is 13.8 Å². The highest BCUT2D eigenvalue weighted by atomic mass is 16.1. The maximum absolute atomic E-state index is 12.3. The van der Waals surface area contributed by atoms with E-state index in [2.05, 4.69) is 17.2 Å². The van der Waals surface area contributed by atoms with E-state index in [1.54, 1.807) is 12.3 Å². The molecule has 1 amide bonds. The normalized spacial score (nSPS) is 10.3. The first-order valence-electron chi connectivity index (χ1n) is 6.45. The largest absolute Gasteiger partial charge is 0.322 e. The van der Waals surface area contributed by atoms with Gasteiger partial charge in [0.1, 0.15) is 0 Å². The molecule has 1 aromatic carbocycles. The van der Waals surface area contributed by atoms with Crippen LogP contribution < -0.4 is 5.32 Å². The number of carbonyl (C=O) groups excluding carboxylic acids is 1. The summed E-state index contributed by atoms with van der Waals surface area (Å²) in [6.07, 6.45) is 2.56. The van der Waals surface area contributed by atoms with Gasteiger partial charge in [-0.15, -0.1) is 0 Å². The predicted octanol–water partition coefficient (Wildman–Crippen LogP) is 3.51. The number of aryl methyl sites for hydroxylation is 2. The minimum absolute atomic E-state index is 0.0797. The van der Waals surface area contributed by atoms with E-state index in [0.29, 0.717) is 5.56 Å². The van der Waals surface area contributed by atoms with E-state index in [0.717, 1.165) is 28.9 Å². The Morgan fingerprint density at radius 2 is 1.95 bits per heavy atom. The smallest absolute Gasteiger partial charge is 0.256 e. The monoisotopic (exact) mass is 254 g/mol. The number of pyridine rings is 1. The lowest BCUT2D eigenvalue weighted by Gasteiger charge is -2.11. The third-order valence-electron chi connectivity index (χ3n) is 3.35. The van der Waals surface area contributed by atoms with Gasteiger partial charge in [0.2, 0.25) is 0 Å². The molecule has 1 heterocycles. The Kier molecular flexibility index (Phi) is 3.95. The van der Waals surface area contributed by atoms with E-state index in [-0.39, 0.29) is 5.91 Å². The molecule has 0 saturated carbocycles. The molecule has 0 spiro atoms. The second-order valence-corrected chi connectivity index (χ2v) is 4.53. The van der Waals surface area contributed by atoms with Crippen molar-refractivity contribution < 1.29 is 4.79 Å². The van der Waals surface area contributed by atoms with Gasteiger partial charge in [-0.3, -0.25) is 9.78 Å². The molecule has 19 heavy (non-hydrogen) atoms. The fraction of sp³-hybridized carbons (Fsp3) is 0.250. The van der Waals surface area contributed by atoms with Crippen LogP contribution in [0.2, 0.25) is 0 Å². The quantitative estimate of drug-likeness (QED) is 0.910. The average Bonchev–Trinajstić information content (AvgIpc) is 2.42. The van der Waals surface area contributed by atoms with Gasteiger partial charge in [-0.1, -0.05) is 25.1 Å². The number of nitrogens with one attached hydrogen (secondary N) is 1. The first-order chi connectivity index (χ1) is 9.13. The second kappa shape index (κ2) is 5.65. The van der Waals surface area contributed by atoms with E-state index in [1.807, 2.05) is 38.1 Å². The lowest BCUT2D eigenvalue weighted by atomic mass is 10.1. The van der Waals surface area contributed by atoms with Crippen molar-refractivity contribution in [2.45, 2.75) is 27.2 Å². The Balaban J connectivity index is 2.28. The molecule has 0 fully saturated rings. The number of hydrogen-bond donors (Lipinski definition) is 1. The maximum atomic E-state index is 12.3. The van der Waals surface area contributed by atoms with Crippen molar-refractivity contribution in [2.75, 3.05) is 5.32 Å². The van der Waals surface area contributed by atoms with E-state index < -0.39 is 0 Å². The molecular formula is C16H18N2O. The van der Waals surface area contributed by atoms with Gasteiger partial charge < -0.3 is 5.32 Å². The summed E-state index contributed by atoms with van der Waals surface area (Å²) in [5.74, 6) is -0.0797. The van der Waals surface area contributed by atoms with Gasteiger partial charge in [0.25, 0.3) is 5.91 Å². The van der Waals surface area contributed by atoms with Crippen LogP contribution in [0.5, 0.6) is 0 Å². The van der Waals surface area contributed by atoms with Crippen molar-refractivity contribution in [1.82, 2.24) is 4.98 Å². The van der Waals surface area contributed by atoms with Gasteiger partial charge in [-0.2, -0.15) is 0 Å². The van der Waals surface area contributed by atoms with Gasteiger partial charge in [-0.25, -0.2) is 0 Å². The highest BCUT2D eigenvalue weighted by Gasteiger charge is 2.12. The molecule has 0 radical (unpaired) electrons. The van der Waals surface area contributed by atoms with Gasteiger partial charge >= 0.3 is 0 Å². The summed E-state index contributed by atoms with van der Waals surface area (Å²) in [5.41, 5.74) is 4.51. The first kappa shape index (κ1) is 13.3. The Hall–Kier alpha value is -2.16. The molecule has 1 aromatic heterocycles. The van der Waals surface area contributed by atoms with Crippen LogP contribution in [0.25, 0.3) is 0 Å². The fourth-order valence-electron chi connectivity index (χ4n) is 2.03. The van der Waals surface area contributed by atoms with Crippen molar-refractivity contribution >= 4 is 11.6 Å². The van der Waals surface area contributed by atoms with Crippen LogP contribution in [0.1, 0.15) is 34.1 Å². The van der Waals surface area contributed by atoms with Crippen molar-refractivity contribution in [2.24, 2.45) is 0 Å². The van der Waals surface area contributed by atoms with E-state index >= 15 is 0 Å². The highest BCUT2D eigenvalue weighted by molar-refractivity contribution is 6.05. The van der Waals surface area contributed by atoms with E-state index in [1.165, 1.54) is 0 Å². The number of anilines is 1. The zero-order valence-electron chi connectivity index (χ0n) is 11.5. The van der Waals surface area contributed by atoms with Gasteiger partial charge in [-0.05, 0) is 43.5 Å². The molecule has 1 N–H and O–H groups in total. The number of amides is 1. The van der Waals surface area contributed by atoms with Crippen LogP contribution in [0.4, 0.5) is 5.69 Å². The molecule has 3 nitrogen and oxygen atoms in total. The summed E-state index contributed by atoms with van der Waals surface area (Å²) >= 11 is 0. The van der Waals surface area contributed by atoms with Gasteiger partial charge in [0, 0.05) is 23.1 Å². The summed E-state index contributed by atoms with van der Waals surface area (Å²) < 4.78 is 0. The lowest BCUT2D eigenvalue weighted by Crippen LogP contribution is -2.15. The number of carbonyl (C=O) groups is 1. The summed E-state index contributed by atoms with van der Waals surface area (Å²) in [6.45, 7) is 5.90. The number of para-hydroxylation sites is 1. The molecule has 0 bridgehead atoms. The Morgan fingerprint density at radius 3 is 2.68 bits per heavy atom. The molecule has 2 rings (SSSR count). The Bertz CT molecular complexity index is 605. The van der Waals surface area contributed by atoms with E-state index in [4.69, 9.17) is 0 Å². The molecule has 0 saturated heterocycles. The number of benzene rings is 1. The lowest BCUT2D eigenvalue weighted by molar-refractivity contribution is 0.102. The van der Waals surface area contributed by atoms with Crippen molar-refractivity contribution in [1.29, 1.82) is 0 Å². The van der Waals surface area contributed by atoms with Crippen LogP contribution >= 0.6 is 0 Å². The van der Waals surface area contributed by atoms with Crippen molar-refractivity contribution in [3.8, 4) is 0 Å². The fourth-order valence-corrected chi connectivity index (χ4v) is 2.03. The van der Waals surface area contributed by atoms with E-state index in [9.17, 15) is 4.79 Å². The Labute approximate surface area is 113 Å². The number of rotatable bonds is 3. The topological polar surface area (TPSA) is 42.0 Å². The van der Waals surface area contributed by atoms with Crippen LogP contribution in [0.15, 0.2) is 36.5 Å². The van der Waals surface area contributed by atoms with Gasteiger partial charge in [0.05, 0.1) is 0 Å². The molecule has 0 unspecified atom stereocenters. The van der Waals surface area contributed by atoms with Crippen molar-refractivity contribution in [3.63, 3.8) is 0 Å². The zero-order chi connectivity index (χ0) is 13.8. The summed E-state index contributed by atoms with van der Waals surface area (Å²) in [6, 6.07) is 9.63. The highest BCUT2D eigenvalue weighted by Crippen LogP contribution is 2.18. The number of nitrogens with zero attached hydrogens (tertiary/aromatic N) is 1. The molecule has 0 aliphatic heterocycles. The first-order valence-corrected chi connectivity index (χ1v) is 6.45.